The highest BCUT2D eigenvalue weighted by atomic mass is 33.1. The molecule has 0 aliphatic carbocycles. The summed E-state index contributed by atoms with van der Waals surface area (Å²) in [5, 5.41) is 44.6. The topological polar surface area (TPSA) is 546 Å². The summed E-state index contributed by atoms with van der Waals surface area (Å²) in [7, 11) is 1.82. The van der Waals surface area contributed by atoms with Gasteiger partial charge in [-0.25, -0.2) is 4.39 Å². The van der Waals surface area contributed by atoms with E-state index in [1.54, 1.807) is 30.3 Å². The van der Waals surface area contributed by atoms with Gasteiger partial charge in [-0.3, -0.25) is 67.3 Å². The fourth-order valence-corrected chi connectivity index (χ4v) is 13.0. The molecule has 0 unspecified atom stereocenters. The molecule has 2 aromatic carbocycles. The quantitative estimate of drug-likeness (QED) is 0.00981. The number of benzene rings is 2. The number of carbonyl (C=O) groups is 13. The fraction of sp³-hybridized carbons (Fsp3) is 0.614. The molecule has 113 heavy (non-hydrogen) atoms. The predicted octanol–water partition coefficient (Wildman–Crippen LogP) is -4.22. The number of ether oxygens (including phenoxy) is 8. The number of hydrogen-bond acceptors (Lipinski definition) is 27. The second kappa shape index (κ2) is 59.6. The number of guanidine groups is 1. The molecule has 7 atom stereocenters. The molecule has 630 valence electrons. The number of nitrogens with two attached hydrogens (primary N) is 2. The number of carboxylic acids is 1. The Morgan fingerprint density at radius 2 is 1.02 bits per heavy atom. The van der Waals surface area contributed by atoms with E-state index in [0.29, 0.717) is 64.0 Å². The SMILES string of the molecule is CCCOCCOCCNC(=O)[C@@H]1CSCC(=O)N[C@@H](CCCCNC(=O)COCC(=O)NCCOCCOCCOCCOCCOCCNC(=O)CON=Cc2ccc(F)cc2)C(=O)N[C@H]2CSSC[C@H](NC(=O)[C@H](CC(=O)O)NC(=O)CNC(=O)[C@H](CCCN=C(N)N)NC2=O)C(=O)N[C@@H](Cc2ccccc2)C(=O)N1. The summed E-state index contributed by atoms with van der Waals surface area (Å²) in [5.74, 6) is -13.1. The van der Waals surface area contributed by atoms with E-state index in [1.165, 1.54) is 30.5 Å². The Labute approximate surface area is 666 Å². The summed E-state index contributed by atoms with van der Waals surface area (Å²) < 4.78 is 56.7. The molecule has 12 amide bonds. The van der Waals surface area contributed by atoms with Gasteiger partial charge in [0.25, 0.3) is 5.91 Å². The Bertz CT molecular complexity index is 3310. The van der Waals surface area contributed by atoms with Gasteiger partial charge in [0.15, 0.2) is 12.6 Å². The van der Waals surface area contributed by atoms with Crippen molar-refractivity contribution in [1.82, 2.24) is 63.8 Å². The number of carbonyl (C=O) groups excluding carboxylic acids is 12. The van der Waals surface area contributed by atoms with Crippen molar-refractivity contribution in [2.75, 3.05) is 175 Å². The van der Waals surface area contributed by atoms with Gasteiger partial charge in [-0.1, -0.05) is 76.1 Å². The van der Waals surface area contributed by atoms with E-state index >= 15 is 0 Å². The molecule has 17 N–H and O–H groups in total. The summed E-state index contributed by atoms with van der Waals surface area (Å²) >= 11 is 0.902. The minimum Gasteiger partial charge on any atom is -0.481 e. The number of aliphatic imine (C=N–C) groups is 1. The number of halogens is 1. The second-order valence-corrected chi connectivity index (χ2v) is 28.3. The van der Waals surface area contributed by atoms with Crippen LogP contribution in [0.1, 0.15) is 63.0 Å². The van der Waals surface area contributed by atoms with Crippen LogP contribution in [0, 0.1) is 5.82 Å². The smallest absolute Gasteiger partial charge is 0.305 e. The molecule has 4 rings (SSSR count). The molecular formula is C70H107FN16O23S3. The van der Waals surface area contributed by atoms with Gasteiger partial charge in [-0.2, -0.15) is 0 Å². The van der Waals surface area contributed by atoms with E-state index in [4.69, 9.17) is 54.2 Å². The van der Waals surface area contributed by atoms with Crippen LogP contribution in [0.4, 0.5) is 4.39 Å². The van der Waals surface area contributed by atoms with Crippen LogP contribution in [-0.4, -0.2) is 311 Å². The maximum Gasteiger partial charge on any atom is 0.305 e. The maximum atomic E-state index is 14.6. The monoisotopic (exact) mass is 1650 g/mol. The highest BCUT2D eigenvalue weighted by molar-refractivity contribution is 8.76. The normalized spacial score (nSPS) is 19.2. The van der Waals surface area contributed by atoms with Gasteiger partial charge in [0.2, 0.25) is 65.0 Å². The van der Waals surface area contributed by atoms with Gasteiger partial charge in [0.1, 0.15) is 61.3 Å². The average Bonchev–Trinajstić information content (AvgIpc) is 1.35. The predicted molar refractivity (Wildman–Crippen MR) is 414 cm³/mol. The third-order valence-corrected chi connectivity index (χ3v) is 19.0. The van der Waals surface area contributed by atoms with Crippen LogP contribution in [-0.2, 0) is 111 Å². The van der Waals surface area contributed by atoms with E-state index in [0.717, 1.165) is 39.8 Å². The zero-order chi connectivity index (χ0) is 82.1. The number of nitrogens with one attached hydrogen (secondary N) is 12. The number of rotatable bonds is 48. The van der Waals surface area contributed by atoms with E-state index < -0.39 is 145 Å². The number of hydrogen-bond donors (Lipinski definition) is 15. The maximum absolute atomic E-state index is 14.6. The van der Waals surface area contributed by atoms with Gasteiger partial charge in [0, 0.05) is 63.0 Å². The van der Waals surface area contributed by atoms with E-state index in [-0.39, 0.29) is 152 Å². The molecule has 2 bridgehead atoms. The van der Waals surface area contributed by atoms with Crippen LogP contribution in [0.3, 0.4) is 0 Å². The number of thioether (sulfide) groups is 1. The largest absolute Gasteiger partial charge is 0.481 e. The van der Waals surface area contributed by atoms with E-state index in [2.05, 4.69) is 73.9 Å². The lowest BCUT2D eigenvalue weighted by molar-refractivity contribution is -0.141. The zero-order valence-corrected chi connectivity index (χ0v) is 65.6. The third-order valence-electron chi connectivity index (χ3n) is 15.5. The summed E-state index contributed by atoms with van der Waals surface area (Å²) in [6, 6.07) is 3.47. The number of nitrogens with zero attached hydrogens (tertiary/aromatic N) is 2. The van der Waals surface area contributed by atoms with Crippen molar-refractivity contribution in [3.63, 3.8) is 0 Å². The molecule has 2 aliphatic rings. The zero-order valence-electron chi connectivity index (χ0n) is 63.1. The van der Waals surface area contributed by atoms with Crippen LogP contribution >= 0.6 is 33.3 Å². The minimum atomic E-state index is -1.83. The van der Waals surface area contributed by atoms with Gasteiger partial charge in [0.05, 0.1) is 111 Å². The summed E-state index contributed by atoms with van der Waals surface area (Å²) in [6.07, 6.45) is 1.29. The molecule has 0 aromatic heterocycles. The molecule has 2 aliphatic heterocycles. The van der Waals surface area contributed by atoms with Crippen LogP contribution in [0.2, 0.25) is 0 Å². The average molecular weight is 1660 g/mol. The second-order valence-electron chi connectivity index (χ2n) is 24.8. The van der Waals surface area contributed by atoms with Crippen molar-refractivity contribution in [2.45, 2.75) is 101 Å². The number of carboxylic acid groups (broad SMARTS) is 1. The molecule has 2 fully saturated rings. The molecule has 2 heterocycles. The molecule has 43 heteroatoms. The number of amides is 12. The molecule has 0 spiro atoms. The molecule has 2 saturated heterocycles. The Kier molecular flexibility index (Phi) is 50.8. The first-order valence-corrected chi connectivity index (χ1v) is 40.4. The van der Waals surface area contributed by atoms with Crippen molar-refractivity contribution in [1.29, 1.82) is 0 Å². The van der Waals surface area contributed by atoms with Crippen molar-refractivity contribution >= 4 is 122 Å². The first-order valence-electron chi connectivity index (χ1n) is 36.7. The van der Waals surface area contributed by atoms with Crippen LogP contribution in [0.15, 0.2) is 64.7 Å². The van der Waals surface area contributed by atoms with Gasteiger partial charge < -0.3 is 123 Å². The Hall–Kier alpha value is -9.05. The Balaban J connectivity index is 1.33. The van der Waals surface area contributed by atoms with Crippen LogP contribution < -0.4 is 75.3 Å². The highest BCUT2D eigenvalue weighted by Gasteiger charge is 2.35. The van der Waals surface area contributed by atoms with Crippen molar-refractivity contribution in [3.05, 3.63) is 71.5 Å². The fourth-order valence-electron chi connectivity index (χ4n) is 9.84. The van der Waals surface area contributed by atoms with Gasteiger partial charge in [-0.15, -0.1) is 11.8 Å². The molecule has 2 aromatic rings. The van der Waals surface area contributed by atoms with Crippen LogP contribution in [0.25, 0.3) is 0 Å². The molecular weight excluding hydrogens is 1550 g/mol. The summed E-state index contributed by atoms with van der Waals surface area (Å²) in [5.41, 5.74) is 12.2. The van der Waals surface area contributed by atoms with Gasteiger partial charge in [-0.05, 0) is 61.8 Å². The molecule has 39 nitrogen and oxygen atoms in total. The minimum absolute atomic E-state index is 0.00551. The van der Waals surface area contributed by atoms with E-state index in [9.17, 15) is 71.8 Å². The number of oxime groups is 1. The van der Waals surface area contributed by atoms with Gasteiger partial charge >= 0.3 is 5.97 Å². The van der Waals surface area contributed by atoms with Crippen LogP contribution in [0.5, 0.6) is 0 Å². The lowest BCUT2D eigenvalue weighted by atomic mass is 10.0. The Morgan fingerprint density at radius 1 is 0.522 bits per heavy atom. The number of unbranched alkanes of at least 4 members (excludes halogenated alkanes) is 1. The third kappa shape index (κ3) is 46.0. The lowest BCUT2D eigenvalue weighted by Gasteiger charge is -2.27. The number of aliphatic carboxylic acids is 1. The molecule has 0 radical (unpaired) electrons. The summed E-state index contributed by atoms with van der Waals surface area (Å²) in [4.78, 5) is 186. The lowest BCUT2D eigenvalue weighted by Crippen LogP contribution is -2.60. The van der Waals surface area contributed by atoms with Crippen molar-refractivity contribution in [3.8, 4) is 0 Å². The molecule has 0 saturated carbocycles. The van der Waals surface area contributed by atoms with Crippen molar-refractivity contribution in [2.24, 2.45) is 21.6 Å². The summed E-state index contributed by atoms with van der Waals surface area (Å²) in [6.45, 7) is 4.33. The first-order chi connectivity index (χ1) is 54.6. The van der Waals surface area contributed by atoms with Crippen molar-refractivity contribution < 1.29 is 115 Å². The number of fused-ring (bicyclic) bond motifs is 5. The van der Waals surface area contributed by atoms with E-state index in [1.807, 2.05) is 6.92 Å². The first kappa shape index (κ1) is 96.3. The standard InChI is InChI=1S/C70H107FN16O23S3/c1-2-22-102-26-27-105-25-21-77-64(96)54-43-111-46-61(92)81-51(11-6-7-17-74-58(89)40-109-41-59(90)75-19-23-103-28-30-106-32-34-108-35-33-107-31-29-104-24-20-76-60(91)42-110-80-38-48-13-15-49(71)16-14-48)65(97)86-55-44-112-113-45-56(69(101)84-52(66(98)85-54)36-47-9-4-3-5-10-47)87-67(99)53(37-62(93)94)82-57(88)39-79-63(95)50(83-68(55)100)12-8-18-78-70(72)73/h3-5,9-10,13-16,38,50-56H,2,6-8,11-12,17-37,39-46H2,1H3,(H,74,89)(H,75,90)(H,76,91)(H,77,96)(H,79,95)(H,81,92)(H,82,88)(H,83,100)(H,84,101)(H,85,98)(H,86,97)(H,87,99)(H,93,94)(H4,72,73,78)/t50-,51-,52-,53-,54-,55-,56-/m0/s1. The highest BCUT2D eigenvalue weighted by Crippen LogP contribution is 2.24. The Morgan fingerprint density at radius 3 is 1.58 bits per heavy atom.